The summed E-state index contributed by atoms with van der Waals surface area (Å²) in [6.45, 7) is 0.819. The highest BCUT2D eigenvalue weighted by molar-refractivity contribution is 5.86. The summed E-state index contributed by atoms with van der Waals surface area (Å²) in [5.41, 5.74) is 13.9. The Morgan fingerprint density at radius 3 is 2.73 bits per heavy atom. The number of benzene rings is 1. The quantitative estimate of drug-likeness (QED) is 0.418. The van der Waals surface area contributed by atoms with Gasteiger partial charge in [0.1, 0.15) is 23.6 Å². The molecule has 1 aliphatic carbocycles. The number of nitrogen functional groups attached to an aromatic ring is 2. The number of nitrogens with zero attached hydrogens (tertiary/aromatic N) is 4. The van der Waals surface area contributed by atoms with Gasteiger partial charge in [0, 0.05) is 24.5 Å². The highest BCUT2D eigenvalue weighted by Gasteiger charge is 2.34. The molecular formula is C24H26F2N6O. The smallest absolute Gasteiger partial charge is 0.274 e. The fraction of sp³-hybridized carbons (Fsp3) is 0.375. The molecule has 2 unspecified atom stereocenters. The number of aliphatic hydroxyl groups excluding tert-OH is 1. The van der Waals surface area contributed by atoms with E-state index in [1.165, 1.54) is 12.4 Å². The highest BCUT2D eigenvalue weighted by atomic mass is 19.3. The topological polar surface area (TPSA) is 116 Å². The lowest BCUT2D eigenvalue weighted by Gasteiger charge is -2.16. The second-order valence-corrected chi connectivity index (χ2v) is 9.05. The number of aromatic nitrogens is 4. The number of rotatable bonds is 5. The van der Waals surface area contributed by atoms with E-state index in [1.807, 2.05) is 24.4 Å². The maximum absolute atomic E-state index is 13.7. The fourth-order valence-corrected chi connectivity index (χ4v) is 4.98. The van der Waals surface area contributed by atoms with Crippen LogP contribution < -0.4 is 11.5 Å². The summed E-state index contributed by atoms with van der Waals surface area (Å²) in [6, 6.07) is 9.08. The van der Waals surface area contributed by atoms with Gasteiger partial charge in [0.15, 0.2) is 0 Å². The third-order valence-corrected chi connectivity index (χ3v) is 6.75. The number of pyridine rings is 1. The number of alkyl halides is 2. The summed E-state index contributed by atoms with van der Waals surface area (Å²) in [6.07, 6.45) is 6.06. The molecule has 0 amide bonds. The highest BCUT2D eigenvalue weighted by Crippen LogP contribution is 2.39. The number of aryl methyl sites for hydroxylation is 1. The molecule has 3 atom stereocenters. The SMILES string of the molecule is CC(F)(F)c1cc2ccc(CCC3CC(n4ccc5c(N)ncnc54)C[C@@H]3O)cc2nc1N. The molecule has 1 aromatic carbocycles. The van der Waals surface area contributed by atoms with Gasteiger partial charge in [-0.15, -0.1) is 0 Å². The van der Waals surface area contributed by atoms with Gasteiger partial charge >= 0.3 is 0 Å². The number of nitrogens with two attached hydrogens (primary N) is 2. The maximum atomic E-state index is 13.7. The molecule has 1 aliphatic rings. The zero-order valence-corrected chi connectivity index (χ0v) is 18.2. The van der Waals surface area contributed by atoms with Crippen LogP contribution >= 0.6 is 0 Å². The first kappa shape index (κ1) is 21.5. The largest absolute Gasteiger partial charge is 0.393 e. The van der Waals surface area contributed by atoms with Gasteiger partial charge in [-0.3, -0.25) is 0 Å². The van der Waals surface area contributed by atoms with Gasteiger partial charge in [0.05, 0.1) is 22.6 Å². The first-order valence-corrected chi connectivity index (χ1v) is 11.0. The Labute approximate surface area is 189 Å². The number of aliphatic hydroxyl groups is 1. The zero-order valence-electron chi connectivity index (χ0n) is 18.2. The van der Waals surface area contributed by atoms with Gasteiger partial charge in [0.25, 0.3) is 5.92 Å². The van der Waals surface area contributed by atoms with Crippen molar-refractivity contribution >= 4 is 33.6 Å². The van der Waals surface area contributed by atoms with Crippen molar-refractivity contribution in [2.24, 2.45) is 5.92 Å². The van der Waals surface area contributed by atoms with Gasteiger partial charge in [-0.2, -0.15) is 0 Å². The van der Waals surface area contributed by atoms with Crippen molar-refractivity contribution in [1.82, 2.24) is 19.5 Å². The van der Waals surface area contributed by atoms with Gasteiger partial charge in [0.2, 0.25) is 0 Å². The molecule has 9 heteroatoms. The van der Waals surface area contributed by atoms with Crippen LogP contribution in [0.5, 0.6) is 0 Å². The lowest BCUT2D eigenvalue weighted by Crippen LogP contribution is -2.13. The van der Waals surface area contributed by atoms with Gasteiger partial charge in [-0.25, -0.2) is 23.7 Å². The average molecular weight is 453 g/mol. The first-order chi connectivity index (χ1) is 15.7. The molecule has 3 heterocycles. The summed E-state index contributed by atoms with van der Waals surface area (Å²) in [7, 11) is 0. The Kier molecular flexibility index (Phi) is 5.16. The molecule has 5 N–H and O–H groups in total. The molecule has 1 saturated carbocycles. The summed E-state index contributed by atoms with van der Waals surface area (Å²) >= 11 is 0. The van der Waals surface area contributed by atoms with Crippen LogP contribution in [0.4, 0.5) is 20.4 Å². The van der Waals surface area contributed by atoms with E-state index in [2.05, 4.69) is 19.5 Å². The van der Waals surface area contributed by atoms with Crippen molar-refractivity contribution < 1.29 is 13.9 Å². The molecule has 0 bridgehead atoms. The van der Waals surface area contributed by atoms with Crippen LogP contribution in [0.2, 0.25) is 0 Å². The van der Waals surface area contributed by atoms with E-state index >= 15 is 0 Å². The molecule has 1 fully saturated rings. The second-order valence-electron chi connectivity index (χ2n) is 9.05. The van der Waals surface area contributed by atoms with Crippen molar-refractivity contribution in [3.8, 4) is 0 Å². The minimum Gasteiger partial charge on any atom is -0.393 e. The standard InChI is InChI=1S/C24H26F2N6O/c1-24(25,26)18-10-14-4-2-13(8-19(14)31-22(18)28)3-5-15-9-16(11-20(15)33)32-7-6-17-21(27)29-12-30-23(17)32/h2,4,6-8,10,12,15-16,20,33H,3,5,9,11H2,1H3,(H2,28,31)(H2,27,29,30)/t15?,16?,20-/m0/s1. The Hall–Kier alpha value is -3.33. The first-order valence-electron chi connectivity index (χ1n) is 11.0. The van der Waals surface area contributed by atoms with Gasteiger partial charge < -0.3 is 21.1 Å². The molecule has 3 aromatic heterocycles. The van der Waals surface area contributed by atoms with Gasteiger partial charge in [-0.1, -0.05) is 12.1 Å². The maximum Gasteiger partial charge on any atom is 0.274 e. The van der Waals surface area contributed by atoms with Crippen LogP contribution in [0.3, 0.4) is 0 Å². The lowest BCUT2D eigenvalue weighted by atomic mass is 9.95. The fourth-order valence-electron chi connectivity index (χ4n) is 4.98. The van der Waals surface area contributed by atoms with Crippen molar-refractivity contribution in [2.75, 3.05) is 11.5 Å². The molecule has 0 saturated heterocycles. The predicted molar refractivity (Wildman–Crippen MR) is 124 cm³/mol. The van der Waals surface area contributed by atoms with Gasteiger partial charge in [-0.05, 0) is 55.4 Å². The summed E-state index contributed by atoms with van der Waals surface area (Å²) in [4.78, 5) is 12.6. The number of hydrogen-bond acceptors (Lipinski definition) is 6. The number of halogens is 2. The van der Waals surface area contributed by atoms with Crippen LogP contribution in [0, 0.1) is 5.92 Å². The van der Waals surface area contributed by atoms with Crippen LogP contribution in [0.25, 0.3) is 21.9 Å². The predicted octanol–water partition coefficient (Wildman–Crippen LogP) is 4.20. The van der Waals surface area contributed by atoms with E-state index in [0.29, 0.717) is 23.1 Å². The van der Waals surface area contributed by atoms with E-state index in [4.69, 9.17) is 11.5 Å². The van der Waals surface area contributed by atoms with Crippen LogP contribution in [-0.4, -0.2) is 30.7 Å². The zero-order chi connectivity index (χ0) is 23.3. The van der Waals surface area contributed by atoms with E-state index in [0.717, 1.165) is 42.8 Å². The molecular weight excluding hydrogens is 426 g/mol. The molecule has 4 aromatic rings. The third kappa shape index (κ3) is 3.97. The Morgan fingerprint density at radius 1 is 1.12 bits per heavy atom. The summed E-state index contributed by atoms with van der Waals surface area (Å²) in [5, 5.41) is 12.2. The van der Waals surface area contributed by atoms with Crippen LogP contribution in [0.15, 0.2) is 42.9 Å². The number of anilines is 2. The van der Waals surface area contributed by atoms with E-state index < -0.39 is 12.0 Å². The third-order valence-electron chi connectivity index (χ3n) is 6.75. The normalized spacial score (nSPS) is 21.3. The molecule has 0 spiro atoms. The molecule has 0 aliphatic heterocycles. The average Bonchev–Trinajstić information content (AvgIpc) is 3.35. The summed E-state index contributed by atoms with van der Waals surface area (Å²) in [5.74, 6) is -2.60. The van der Waals surface area contributed by atoms with Crippen LogP contribution in [-0.2, 0) is 12.3 Å². The van der Waals surface area contributed by atoms with Crippen molar-refractivity contribution in [3.05, 3.63) is 54.0 Å². The number of hydrogen-bond donors (Lipinski definition) is 3. The Balaban J connectivity index is 1.30. The Morgan fingerprint density at radius 2 is 1.94 bits per heavy atom. The van der Waals surface area contributed by atoms with Crippen molar-refractivity contribution in [1.29, 1.82) is 0 Å². The molecule has 0 radical (unpaired) electrons. The molecule has 33 heavy (non-hydrogen) atoms. The molecule has 5 rings (SSSR count). The van der Waals surface area contributed by atoms with E-state index in [9.17, 15) is 13.9 Å². The summed E-state index contributed by atoms with van der Waals surface area (Å²) < 4.78 is 29.6. The van der Waals surface area contributed by atoms with Crippen molar-refractivity contribution in [2.45, 2.75) is 50.7 Å². The lowest BCUT2D eigenvalue weighted by molar-refractivity contribution is 0.0182. The molecule has 7 nitrogen and oxygen atoms in total. The second kappa shape index (κ2) is 7.91. The monoisotopic (exact) mass is 452 g/mol. The molecule has 172 valence electrons. The Bertz CT molecular complexity index is 1330. The minimum atomic E-state index is -3.04. The van der Waals surface area contributed by atoms with E-state index in [1.54, 1.807) is 6.07 Å². The van der Waals surface area contributed by atoms with Crippen LogP contribution in [0.1, 0.15) is 43.4 Å². The minimum absolute atomic E-state index is 0.140. The van der Waals surface area contributed by atoms with E-state index in [-0.39, 0.29) is 23.3 Å². The number of fused-ring (bicyclic) bond motifs is 2. The van der Waals surface area contributed by atoms with Crippen molar-refractivity contribution in [3.63, 3.8) is 0 Å².